The fourth-order valence-electron chi connectivity index (χ4n) is 7.57. The highest BCUT2D eigenvalue weighted by Gasteiger charge is 2.43. The van der Waals surface area contributed by atoms with Crippen LogP contribution in [0.15, 0.2) is 113 Å². The van der Waals surface area contributed by atoms with E-state index in [9.17, 15) is 9.90 Å². The summed E-state index contributed by atoms with van der Waals surface area (Å²) < 4.78 is 31.5. The van der Waals surface area contributed by atoms with Crippen LogP contribution in [-0.2, 0) is 47.7 Å². The number of anilines is 1. The van der Waals surface area contributed by atoms with Gasteiger partial charge in [-0.1, -0.05) is 97.1 Å². The van der Waals surface area contributed by atoms with Crippen molar-refractivity contribution in [3.8, 4) is 5.88 Å². The Bertz CT molecular complexity index is 1980. The second-order valence-corrected chi connectivity index (χ2v) is 14.5. The van der Waals surface area contributed by atoms with Crippen LogP contribution in [0.2, 0.25) is 0 Å². The van der Waals surface area contributed by atoms with E-state index < -0.39 is 27.6 Å². The molecule has 3 N–H and O–H groups in total. The van der Waals surface area contributed by atoms with Crippen molar-refractivity contribution < 1.29 is 18.8 Å². The third kappa shape index (κ3) is 5.20. The van der Waals surface area contributed by atoms with Crippen LogP contribution in [0.4, 0.5) is 10.5 Å². The molecule has 1 unspecified atom stereocenters. The molecular weight excluding hydrogens is 623 g/mol. The molecule has 2 atom stereocenters. The van der Waals surface area contributed by atoms with Gasteiger partial charge in [0.05, 0.1) is 19.3 Å². The topological polar surface area (TPSA) is 118 Å². The van der Waals surface area contributed by atoms with E-state index in [1.807, 2.05) is 91.0 Å². The number of hydrogen-bond acceptors (Lipinski definition) is 5. The fourth-order valence-corrected chi connectivity index (χ4v) is 9.45. The molecule has 9 nitrogen and oxygen atoms in total. The Morgan fingerprint density at radius 1 is 0.875 bits per heavy atom. The highest BCUT2D eigenvalue weighted by molar-refractivity contribution is 7.92. The van der Waals surface area contributed by atoms with E-state index in [1.165, 1.54) is 17.3 Å². The van der Waals surface area contributed by atoms with Crippen LogP contribution in [0.25, 0.3) is 0 Å². The molecule has 2 amide bonds. The van der Waals surface area contributed by atoms with Gasteiger partial charge in [0, 0.05) is 5.69 Å². The zero-order valence-corrected chi connectivity index (χ0v) is 27.3. The smallest absolute Gasteiger partial charge is 0.354 e. The fraction of sp³-hybridized carbons (Fsp3) is 0.263. The van der Waals surface area contributed by atoms with Crippen LogP contribution >= 0.6 is 0 Å². The number of benzene rings is 4. The molecule has 2 heterocycles. The number of nitrogens with one attached hydrogen (secondary N) is 2. The molecule has 0 spiro atoms. The van der Waals surface area contributed by atoms with E-state index in [1.54, 1.807) is 4.68 Å². The second-order valence-electron chi connectivity index (χ2n) is 12.6. The largest absolute Gasteiger partial charge is 0.469 e. The number of rotatable bonds is 8. The number of fused-ring (bicyclic) bond motifs is 3. The Morgan fingerprint density at radius 3 is 1.94 bits per heavy atom. The van der Waals surface area contributed by atoms with Crippen LogP contribution in [0.5, 0.6) is 5.88 Å². The van der Waals surface area contributed by atoms with Gasteiger partial charge in [-0.05, 0) is 77.5 Å². The molecular formula is C38H37N5O4S. The monoisotopic (exact) mass is 659 g/mol. The maximum atomic E-state index is 15.9. The summed E-state index contributed by atoms with van der Waals surface area (Å²) in [5.74, 6) is 0.215. The summed E-state index contributed by atoms with van der Waals surface area (Å²) in [4.78, 5) is 14.4. The quantitative estimate of drug-likeness (QED) is 0.172. The number of carbonyl (C=O) groups is 1. The Kier molecular flexibility index (Phi) is 7.86. The minimum absolute atomic E-state index is 0.143. The van der Waals surface area contributed by atoms with Crippen molar-refractivity contribution >= 4 is 21.6 Å². The van der Waals surface area contributed by atoms with E-state index in [0.29, 0.717) is 0 Å². The van der Waals surface area contributed by atoms with Gasteiger partial charge in [-0.3, -0.25) is 0 Å². The number of aromatic nitrogens is 2. The Labute approximate surface area is 280 Å². The van der Waals surface area contributed by atoms with E-state index in [4.69, 9.17) is 4.74 Å². The predicted molar refractivity (Wildman–Crippen MR) is 184 cm³/mol. The summed E-state index contributed by atoms with van der Waals surface area (Å²) in [6, 6.07) is 30.9. The van der Waals surface area contributed by atoms with Gasteiger partial charge in [0.25, 0.3) is 0 Å². The van der Waals surface area contributed by atoms with Crippen molar-refractivity contribution in [2.75, 3.05) is 11.9 Å². The van der Waals surface area contributed by atoms with Crippen LogP contribution in [0.1, 0.15) is 51.8 Å². The average Bonchev–Trinajstić information content (AvgIpc) is 3.93. The average molecular weight is 660 g/mol. The third-order valence-electron chi connectivity index (χ3n) is 9.74. The Hall–Kier alpha value is -4.77. The molecule has 1 aliphatic heterocycles. The molecule has 3 aliphatic rings. The number of ether oxygens (including phenoxy) is 1. The van der Waals surface area contributed by atoms with Crippen molar-refractivity contribution in [1.82, 2.24) is 14.5 Å². The molecule has 8 rings (SSSR count). The molecule has 0 fully saturated rings. The van der Waals surface area contributed by atoms with E-state index in [0.717, 1.165) is 72.0 Å². The van der Waals surface area contributed by atoms with Crippen LogP contribution in [-0.4, -0.2) is 37.8 Å². The number of nitrogens with zero attached hydrogens (tertiary/aromatic N) is 3. The first-order chi connectivity index (χ1) is 23.5. The molecule has 0 radical (unpaired) electrons. The highest BCUT2D eigenvalue weighted by Crippen LogP contribution is 2.42. The number of aliphatic hydroxyl groups excluding tert-OH is 1. The molecule has 244 valence electrons. The summed E-state index contributed by atoms with van der Waals surface area (Å²) >= 11 is 0. The molecule has 0 bridgehead atoms. The van der Waals surface area contributed by atoms with Crippen LogP contribution < -0.4 is 14.8 Å². The number of urea groups is 1. The summed E-state index contributed by atoms with van der Waals surface area (Å²) in [5.41, 5.74) is 6.90. The van der Waals surface area contributed by atoms with Crippen LogP contribution in [0.3, 0.4) is 0 Å². The van der Waals surface area contributed by atoms with Crippen molar-refractivity contribution in [2.45, 2.75) is 61.6 Å². The molecule has 2 aliphatic carbocycles. The molecule has 48 heavy (non-hydrogen) atoms. The number of hydrogen-bond donors (Lipinski definition) is 3. The van der Waals surface area contributed by atoms with Gasteiger partial charge in [0.15, 0.2) is 9.92 Å². The van der Waals surface area contributed by atoms with Gasteiger partial charge in [0.1, 0.15) is 16.5 Å². The van der Waals surface area contributed by atoms with Gasteiger partial charge in [0.2, 0.25) is 5.88 Å². The van der Waals surface area contributed by atoms with Crippen molar-refractivity contribution in [1.29, 1.82) is 0 Å². The zero-order valence-electron chi connectivity index (χ0n) is 26.5. The van der Waals surface area contributed by atoms with Gasteiger partial charge < -0.3 is 15.2 Å². The number of amides is 2. The Morgan fingerprint density at radius 2 is 1.42 bits per heavy atom. The summed E-state index contributed by atoms with van der Waals surface area (Å²) in [7, 11) is -3.86. The lowest BCUT2D eigenvalue weighted by Gasteiger charge is -2.37. The first-order valence-corrected chi connectivity index (χ1v) is 18.0. The maximum absolute atomic E-state index is 15.9. The first-order valence-electron chi connectivity index (χ1n) is 16.5. The van der Waals surface area contributed by atoms with Crippen LogP contribution in [0, 0.1) is 0 Å². The zero-order chi connectivity index (χ0) is 32.7. The lowest BCUT2D eigenvalue weighted by molar-refractivity contribution is 0.130. The summed E-state index contributed by atoms with van der Waals surface area (Å²) in [5, 5.41) is 17.5. The van der Waals surface area contributed by atoms with Gasteiger partial charge in [-0.2, -0.15) is 5.10 Å². The Balaban J connectivity index is 1.33. The predicted octanol–water partition coefficient (Wildman–Crippen LogP) is 6.17. The normalized spacial score (nSPS) is 17.6. The van der Waals surface area contributed by atoms with Gasteiger partial charge >= 0.3 is 6.03 Å². The summed E-state index contributed by atoms with van der Waals surface area (Å²) in [6.07, 6.45) is 6.73. The minimum atomic E-state index is -3.86. The second kappa shape index (κ2) is 12.4. The minimum Gasteiger partial charge on any atom is -0.469 e. The van der Waals surface area contributed by atoms with Crippen molar-refractivity contribution in [2.24, 2.45) is 4.36 Å². The lowest BCUT2D eigenvalue weighted by Crippen LogP contribution is -2.48. The summed E-state index contributed by atoms with van der Waals surface area (Å²) in [6.45, 7) is 0.0539. The van der Waals surface area contributed by atoms with E-state index in [2.05, 4.69) is 25.6 Å². The van der Waals surface area contributed by atoms with E-state index >= 15 is 4.21 Å². The molecule has 0 saturated heterocycles. The highest BCUT2D eigenvalue weighted by atomic mass is 32.2. The van der Waals surface area contributed by atoms with Gasteiger partial charge in [-0.15, -0.1) is 4.36 Å². The number of carbonyl (C=O) groups excluding carboxylic acids is 1. The van der Waals surface area contributed by atoms with Crippen molar-refractivity contribution in [3.05, 3.63) is 142 Å². The first kappa shape index (κ1) is 30.6. The molecule has 5 aromatic rings. The molecule has 4 aromatic carbocycles. The van der Waals surface area contributed by atoms with E-state index in [-0.39, 0.29) is 23.9 Å². The lowest BCUT2D eigenvalue weighted by atomic mass is 9.78. The number of aliphatic hydroxyl groups is 1. The SMILES string of the molecule is O=C(N=S(=O)(NC(c1ccccc1)(c1ccccc1)c1ccccc1)c1cnn2c1O[C@H](CO)C2)Nc1c2c(cc3c1CCC3)CCC2. The van der Waals surface area contributed by atoms with Crippen molar-refractivity contribution in [3.63, 3.8) is 0 Å². The maximum Gasteiger partial charge on any atom is 0.354 e. The molecule has 0 saturated carbocycles. The molecule has 10 heteroatoms. The van der Waals surface area contributed by atoms with Gasteiger partial charge in [-0.25, -0.2) is 18.4 Å². The molecule has 1 aromatic heterocycles. The number of aryl methyl sites for hydroxylation is 2. The third-order valence-corrected chi connectivity index (χ3v) is 11.6. The standard InChI is InChI=1S/C38H37N5O4S/c44-25-31-24-43-36(47-31)34(23-39-43)48(46,41-37(45)40-35-32-20-10-12-26(32)22-27-13-11-21-33(27)35)42-38(28-14-4-1-5-15-28,29-16-6-2-7-17-29)30-18-8-3-9-19-30/h1-9,14-19,22-23,31,44H,10-13,20-21,24-25H2,(H2,40,41,42,45,46)/t31-,48?/m0/s1.